The predicted molar refractivity (Wildman–Crippen MR) is 129 cm³/mol. The van der Waals surface area contributed by atoms with Crippen LogP contribution in [0.1, 0.15) is 46.2 Å². The van der Waals surface area contributed by atoms with E-state index in [0.717, 1.165) is 12.8 Å². The molecule has 1 aliphatic rings. The van der Waals surface area contributed by atoms with Gasteiger partial charge in [-0.05, 0) is 45.4 Å². The van der Waals surface area contributed by atoms with Crippen LogP contribution < -0.4 is 20.1 Å². The van der Waals surface area contributed by atoms with E-state index in [4.69, 9.17) is 9.47 Å². The Kier molecular flexibility index (Phi) is 6.68. The van der Waals surface area contributed by atoms with Crippen molar-refractivity contribution in [1.29, 1.82) is 5.26 Å². The van der Waals surface area contributed by atoms with E-state index in [1.54, 1.807) is 25.4 Å². The first-order valence-corrected chi connectivity index (χ1v) is 11.6. The molecule has 1 fully saturated rings. The van der Waals surface area contributed by atoms with Crippen molar-refractivity contribution in [2.24, 2.45) is 13.0 Å². The van der Waals surface area contributed by atoms with Crippen LogP contribution in [0.25, 0.3) is 11.0 Å². The van der Waals surface area contributed by atoms with Crippen LogP contribution >= 0.6 is 0 Å². The summed E-state index contributed by atoms with van der Waals surface area (Å²) in [6.45, 7) is 8.83. The molecule has 0 spiro atoms. The lowest BCUT2D eigenvalue weighted by atomic mass is 9.88. The molecule has 178 valence electrons. The molecule has 0 aliphatic carbocycles. The fraction of sp³-hybridized carbons (Fsp3) is 0.480. The topological polar surface area (TPSA) is 106 Å². The van der Waals surface area contributed by atoms with Crippen molar-refractivity contribution in [3.05, 3.63) is 46.6 Å². The van der Waals surface area contributed by atoms with Gasteiger partial charge in [0.2, 0.25) is 5.88 Å². The third-order valence-corrected chi connectivity index (χ3v) is 6.26. The number of aryl methyl sites for hydroxylation is 1. The maximum Gasteiger partial charge on any atom is 0.349 e. The summed E-state index contributed by atoms with van der Waals surface area (Å²) in [5, 5.41) is 9.34. The third kappa shape index (κ3) is 4.67. The van der Waals surface area contributed by atoms with Gasteiger partial charge in [-0.1, -0.05) is 6.92 Å². The lowest BCUT2D eigenvalue weighted by Gasteiger charge is -2.43. The highest BCUT2D eigenvalue weighted by Gasteiger charge is 2.36. The van der Waals surface area contributed by atoms with Gasteiger partial charge in [-0.15, -0.1) is 0 Å². The first-order valence-electron chi connectivity index (χ1n) is 11.6. The van der Waals surface area contributed by atoms with Gasteiger partial charge in [0.15, 0.2) is 5.82 Å². The molecule has 0 N–H and O–H groups in total. The normalized spacial score (nSPS) is 20.4. The minimum absolute atomic E-state index is 0.0268. The summed E-state index contributed by atoms with van der Waals surface area (Å²) in [5.41, 5.74) is 1.16. The van der Waals surface area contributed by atoms with Crippen LogP contribution in [0.3, 0.4) is 0 Å². The molecule has 1 saturated heterocycles. The Hall–Kier alpha value is -3.67. The first-order chi connectivity index (χ1) is 16.3. The smallest absolute Gasteiger partial charge is 0.349 e. The number of nitriles is 1. The molecule has 0 amide bonds. The highest BCUT2D eigenvalue weighted by Crippen LogP contribution is 2.33. The van der Waals surface area contributed by atoms with E-state index in [0.29, 0.717) is 40.7 Å². The molecule has 1 aliphatic heterocycles. The molecule has 0 radical (unpaired) electrons. The quantitative estimate of drug-likeness (QED) is 0.548. The highest BCUT2D eigenvalue weighted by molar-refractivity contribution is 5.86. The Bertz CT molecular complexity index is 1260. The molecule has 0 bridgehead atoms. The molecule has 3 aromatic rings. The number of piperidine rings is 1. The van der Waals surface area contributed by atoms with Crippen LogP contribution in [0, 0.1) is 17.2 Å². The van der Waals surface area contributed by atoms with Crippen LogP contribution in [0.5, 0.6) is 11.6 Å². The van der Waals surface area contributed by atoms with Gasteiger partial charge in [0.25, 0.3) is 0 Å². The maximum atomic E-state index is 12.6. The fourth-order valence-corrected chi connectivity index (χ4v) is 4.44. The van der Waals surface area contributed by atoms with E-state index in [9.17, 15) is 10.1 Å². The Balaban J connectivity index is 1.61. The summed E-state index contributed by atoms with van der Waals surface area (Å²) in [4.78, 5) is 28.0. The van der Waals surface area contributed by atoms with E-state index in [2.05, 4.69) is 39.8 Å². The number of anilines is 1. The van der Waals surface area contributed by atoms with Gasteiger partial charge in [-0.2, -0.15) is 10.2 Å². The average Bonchev–Trinajstić information content (AvgIpc) is 2.82. The van der Waals surface area contributed by atoms with E-state index in [1.165, 1.54) is 4.57 Å². The van der Waals surface area contributed by atoms with Crippen molar-refractivity contribution in [2.45, 2.75) is 58.8 Å². The van der Waals surface area contributed by atoms with Crippen LogP contribution in [0.15, 0.2) is 35.3 Å². The highest BCUT2D eigenvalue weighted by atomic mass is 16.5. The third-order valence-electron chi connectivity index (χ3n) is 6.26. The first kappa shape index (κ1) is 23.5. The van der Waals surface area contributed by atoms with Crippen LogP contribution in [0.4, 0.5) is 5.82 Å². The summed E-state index contributed by atoms with van der Waals surface area (Å²) in [5.74, 6) is 2.00. The molecule has 9 heteroatoms. The number of ether oxygens (including phenoxy) is 2. The van der Waals surface area contributed by atoms with E-state index in [1.807, 2.05) is 26.0 Å². The molecule has 3 aromatic heterocycles. The van der Waals surface area contributed by atoms with Crippen molar-refractivity contribution in [2.75, 3.05) is 11.4 Å². The Morgan fingerprint density at radius 1 is 1.24 bits per heavy atom. The SMILES string of the molecule is CC[C@H]1CN(c2nc(=O)n(C)c3ccc(C#N)nc23)[C@@H](C)C[C@@H]1Oc1ccc(OC(C)C)cn1. The van der Waals surface area contributed by atoms with Gasteiger partial charge in [0.1, 0.15) is 29.1 Å². The van der Waals surface area contributed by atoms with Gasteiger partial charge >= 0.3 is 5.69 Å². The number of nitrogens with zero attached hydrogens (tertiary/aromatic N) is 6. The van der Waals surface area contributed by atoms with E-state index in [-0.39, 0.29) is 29.9 Å². The largest absolute Gasteiger partial charge is 0.489 e. The Labute approximate surface area is 199 Å². The molecular weight excluding hydrogens is 432 g/mol. The lowest BCUT2D eigenvalue weighted by molar-refractivity contribution is 0.0908. The molecule has 0 unspecified atom stereocenters. The van der Waals surface area contributed by atoms with E-state index >= 15 is 0 Å². The van der Waals surface area contributed by atoms with Crippen molar-refractivity contribution in [3.63, 3.8) is 0 Å². The lowest BCUT2D eigenvalue weighted by Crippen LogP contribution is -2.51. The predicted octanol–water partition coefficient (Wildman–Crippen LogP) is 3.45. The summed E-state index contributed by atoms with van der Waals surface area (Å²) < 4.78 is 13.4. The maximum absolute atomic E-state index is 12.6. The molecule has 4 heterocycles. The Morgan fingerprint density at radius 2 is 2.03 bits per heavy atom. The van der Waals surface area contributed by atoms with Crippen LogP contribution in [-0.2, 0) is 7.05 Å². The second kappa shape index (κ2) is 9.67. The van der Waals surface area contributed by atoms with Gasteiger partial charge in [0, 0.05) is 38.0 Å². The van der Waals surface area contributed by atoms with Gasteiger partial charge in [-0.25, -0.2) is 14.8 Å². The van der Waals surface area contributed by atoms with Crippen LogP contribution in [-0.4, -0.2) is 44.3 Å². The van der Waals surface area contributed by atoms with Crippen molar-refractivity contribution >= 4 is 16.9 Å². The van der Waals surface area contributed by atoms with Gasteiger partial charge < -0.3 is 14.4 Å². The Morgan fingerprint density at radius 3 is 2.68 bits per heavy atom. The second-order valence-corrected chi connectivity index (χ2v) is 9.01. The number of rotatable bonds is 6. The van der Waals surface area contributed by atoms with E-state index < -0.39 is 0 Å². The number of hydrogen-bond acceptors (Lipinski definition) is 8. The zero-order valence-corrected chi connectivity index (χ0v) is 20.2. The summed E-state index contributed by atoms with van der Waals surface area (Å²) in [6, 6.07) is 9.21. The van der Waals surface area contributed by atoms with Gasteiger partial charge in [0.05, 0.1) is 17.8 Å². The summed E-state index contributed by atoms with van der Waals surface area (Å²) in [6.07, 6.45) is 3.37. The minimum atomic E-state index is -0.347. The molecule has 9 nitrogen and oxygen atoms in total. The van der Waals surface area contributed by atoms with Crippen molar-refractivity contribution in [1.82, 2.24) is 19.5 Å². The van der Waals surface area contributed by atoms with Crippen molar-refractivity contribution in [3.8, 4) is 17.7 Å². The van der Waals surface area contributed by atoms with Gasteiger partial charge in [-0.3, -0.25) is 4.57 Å². The zero-order chi connectivity index (χ0) is 24.4. The standard InChI is InChI=1S/C25H30N6O3/c1-6-17-14-31(24-23-20(30(5)25(32)29-24)9-7-18(12-26)28-23)16(4)11-21(17)34-22-10-8-19(13-27-22)33-15(2)3/h7-10,13,15-17,21H,6,11,14H2,1-5H3/t16-,17-,21-/m0/s1. The molecule has 4 rings (SSSR count). The number of fused-ring (bicyclic) bond motifs is 1. The number of hydrogen-bond donors (Lipinski definition) is 0. The summed E-state index contributed by atoms with van der Waals surface area (Å²) in [7, 11) is 1.66. The molecule has 3 atom stereocenters. The number of aromatic nitrogens is 4. The average molecular weight is 463 g/mol. The zero-order valence-electron chi connectivity index (χ0n) is 20.2. The molecule has 0 aromatic carbocycles. The second-order valence-electron chi connectivity index (χ2n) is 9.01. The summed E-state index contributed by atoms with van der Waals surface area (Å²) >= 11 is 0. The molecular formula is C25H30N6O3. The fourth-order valence-electron chi connectivity index (χ4n) is 4.44. The van der Waals surface area contributed by atoms with Crippen LogP contribution in [0.2, 0.25) is 0 Å². The molecule has 0 saturated carbocycles. The molecule has 34 heavy (non-hydrogen) atoms. The minimum Gasteiger partial charge on any atom is -0.489 e. The number of pyridine rings is 2. The monoisotopic (exact) mass is 462 g/mol. The van der Waals surface area contributed by atoms with Crippen molar-refractivity contribution < 1.29 is 9.47 Å².